The van der Waals surface area contributed by atoms with Gasteiger partial charge in [-0.3, -0.25) is 9.05 Å². The molecule has 0 amide bonds. The Labute approximate surface area is 361 Å². The molecule has 3 aromatic rings. The van der Waals surface area contributed by atoms with E-state index in [1.807, 2.05) is 13.8 Å². The first kappa shape index (κ1) is 51.7. The Balaban J connectivity index is 1.51. The van der Waals surface area contributed by atoms with E-state index in [-0.39, 0.29) is 30.8 Å². The summed E-state index contributed by atoms with van der Waals surface area (Å²) in [5, 5.41) is 45.9. The number of hydrogen-bond donors (Lipinski definition) is 4. The number of fused-ring (bicyclic) bond motifs is 1. The summed E-state index contributed by atoms with van der Waals surface area (Å²) in [6, 6.07) is 11.9. The number of aliphatic hydroxyl groups excluding tert-OH is 2. The summed E-state index contributed by atoms with van der Waals surface area (Å²) in [5.41, 5.74) is 5.04. The number of nitrogen functional groups attached to an aromatic ring is 1. The van der Waals surface area contributed by atoms with Crippen molar-refractivity contribution in [2.75, 3.05) is 39.3 Å². The third kappa shape index (κ3) is 17.9. The molecule has 340 valence electrons. The van der Waals surface area contributed by atoms with Crippen LogP contribution in [0, 0.1) is 22.7 Å². The maximum atomic E-state index is 13.2. The number of aliphatic hydroxyl groups is 2. The van der Waals surface area contributed by atoms with Crippen molar-refractivity contribution in [1.82, 2.24) is 14.6 Å². The predicted octanol–water partition coefficient (Wildman–Crippen LogP) is 8.27. The molecular weight excluding hydrogens is 803 g/mol. The van der Waals surface area contributed by atoms with Crippen LogP contribution in [0.4, 0.5) is 5.82 Å². The first-order valence-electron chi connectivity index (χ1n) is 21.8. The van der Waals surface area contributed by atoms with Gasteiger partial charge >= 0.3 is 7.82 Å². The second kappa shape index (κ2) is 28.1. The minimum absolute atomic E-state index is 0.0365. The van der Waals surface area contributed by atoms with Crippen LogP contribution in [0.15, 0.2) is 36.7 Å². The molecule has 0 saturated heterocycles. The Morgan fingerprint density at radius 1 is 0.885 bits per heavy atom. The highest BCUT2D eigenvalue weighted by molar-refractivity contribution is 7.47. The van der Waals surface area contributed by atoms with Gasteiger partial charge in [0.2, 0.25) is 5.60 Å². The van der Waals surface area contributed by atoms with Crippen LogP contribution in [0.5, 0.6) is 5.75 Å². The number of aromatic nitrogens is 3. The molecule has 0 aliphatic heterocycles. The number of benzene rings is 1. The lowest BCUT2D eigenvalue weighted by atomic mass is 9.93. The van der Waals surface area contributed by atoms with E-state index >= 15 is 0 Å². The number of nitriles is 2. The Morgan fingerprint density at radius 3 is 2.08 bits per heavy atom. The van der Waals surface area contributed by atoms with Gasteiger partial charge in [-0.2, -0.15) is 15.6 Å². The second-order valence-electron chi connectivity index (χ2n) is 15.8. The van der Waals surface area contributed by atoms with Crippen LogP contribution in [-0.2, 0) is 34.4 Å². The molecule has 0 fully saturated rings. The summed E-state index contributed by atoms with van der Waals surface area (Å²) in [7, 11) is -3.82. The predicted molar refractivity (Wildman–Crippen MR) is 231 cm³/mol. The fourth-order valence-corrected chi connectivity index (χ4v) is 7.62. The molecule has 2 heterocycles. The van der Waals surface area contributed by atoms with Gasteiger partial charge in [-0.15, -0.1) is 0 Å². The molecule has 3 rings (SSSR count). The van der Waals surface area contributed by atoms with Crippen LogP contribution in [0.1, 0.15) is 146 Å². The average molecular weight is 873 g/mol. The molecule has 0 aliphatic rings. The molecule has 0 bridgehead atoms. The van der Waals surface area contributed by atoms with Crippen molar-refractivity contribution in [2.24, 2.45) is 0 Å². The van der Waals surface area contributed by atoms with Gasteiger partial charge in [0, 0.05) is 13.7 Å². The first-order valence-corrected chi connectivity index (χ1v) is 23.3. The van der Waals surface area contributed by atoms with Crippen molar-refractivity contribution in [3.63, 3.8) is 0 Å². The maximum absolute atomic E-state index is 13.2. The summed E-state index contributed by atoms with van der Waals surface area (Å²) in [4.78, 5) is 14.6. The molecule has 0 radical (unpaired) electrons. The quantitative estimate of drug-likeness (QED) is 0.0326. The molecule has 2 aromatic heterocycles. The van der Waals surface area contributed by atoms with E-state index in [1.54, 1.807) is 24.3 Å². The molecular formula is C44H69N6O10P. The largest absolute Gasteiger partial charge is 0.490 e. The molecule has 16 nitrogen and oxygen atoms in total. The van der Waals surface area contributed by atoms with E-state index in [2.05, 4.69) is 23.1 Å². The SMILES string of the molecule is CCCCCCCCCCCCCCCCCCOC[C@H](COP(=O)(O)OCC(C#N)(OC)[C@@H](O)[C@@H](O)c1ccc2c(N)ncnn12)OCc1ccc(C#N)c(OC(C)C)c1. The zero-order valence-electron chi connectivity index (χ0n) is 36.6. The number of phosphoric ester groups is 1. The summed E-state index contributed by atoms with van der Waals surface area (Å²) in [5.74, 6) is 0.533. The fourth-order valence-electron chi connectivity index (χ4n) is 6.84. The Bertz CT molecular complexity index is 1830. The molecule has 0 aliphatic carbocycles. The van der Waals surface area contributed by atoms with E-state index in [1.165, 1.54) is 100 Å². The van der Waals surface area contributed by atoms with Gasteiger partial charge in [-0.05, 0) is 50.1 Å². The van der Waals surface area contributed by atoms with Crippen LogP contribution in [-0.4, -0.2) is 87.2 Å². The molecule has 1 aromatic carbocycles. The molecule has 61 heavy (non-hydrogen) atoms. The van der Waals surface area contributed by atoms with Crippen molar-refractivity contribution >= 4 is 19.2 Å². The molecule has 0 saturated carbocycles. The minimum atomic E-state index is -4.91. The van der Waals surface area contributed by atoms with Crippen LogP contribution >= 0.6 is 7.82 Å². The van der Waals surface area contributed by atoms with Crippen LogP contribution in [0.3, 0.4) is 0 Å². The summed E-state index contributed by atoms with van der Waals surface area (Å²) < 4.78 is 48.0. The van der Waals surface area contributed by atoms with Crippen molar-refractivity contribution in [1.29, 1.82) is 10.5 Å². The molecule has 17 heteroatoms. The van der Waals surface area contributed by atoms with Crippen LogP contribution < -0.4 is 10.5 Å². The summed E-state index contributed by atoms with van der Waals surface area (Å²) >= 11 is 0. The molecule has 5 atom stereocenters. The number of anilines is 1. The fraction of sp³-hybridized carbons (Fsp3) is 0.682. The first-order chi connectivity index (χ1) is 29.4. The summed E-state index contributed by atoms with van der Waals surface area (Å²) in [6.07, 6.45) is 16.6. The Kier molecular flexibility index (Phi) is 23.8. The van der Waals surface area contributed by atoms with E-state index in [4.69, 9.17) is 33.7 Å². The number of phosphoric acid groups is 1. The molecule has 5 N–H and O–H groups in total. The minimum Gasteiger partial charge on any atom is -0.490 e. The van der Waals surface area contributed by atoms with E-state index < -0.39 is 44.9 Å². The zero-order chi connectivity index (χ0) is 44.5. The molecule has 0 spiro atoms. The van der Waals surface area contributed by atoms with E-state index in [0.29, 0.717) is 29.0 Å². The van der Waals surface area contributed by atoms with Gasteiger partial charge in [0.1, 0.15) is 54.7 Å². The highest BCUT2D eigenvalue weighted by Crippen LogP contribution is 2.45. The highest BCUT2D eigenvalue weighted by atomic mass is 31.2. The number of unbranched alkanes of at least 4 members (excludes halogenated alkanes) is 15. The number of rotatable bonds is 34. The summed E-state index contributed by atoms with van der Waals surface area (Å²) in [6.45, 7) is 5.11. The lowest BCUT2D eigenvalue weighted by Crippen LogP contribution is -2.50. The highest BCUT2D eigenvalue weighted by Gasteiger charge is 2.46. The van der Waals surface area contributed by atoms with Gasteiger partial charge in [0.25, 0.3) is 0 Å². The zero-order valence-corrected chi connectivity index (χ0v) is 37.5. The number of nitrogens with zero attached hydrogens (tertiary/aromatic N) is 5. The monoisotopic (exact) mass is 872 g/mol. The lowest BCUT2D eigenvalue weighted by molar-refractivity contribution is -0.134. The van der Waals surface area contributed by atoms with Gasteiger partial charge in [-0.25, -0.2) is 14.1 Å². The molecule has 2 unspecified atom stereocenters. The second-order valence-corrected chi connectivity index (χ2v) is 17.2. The Morgan fingerprint density at radius 2 is 1.51 bits per heavy atom. The number of hydrogen-bond acceptors (Lipinski definition) is 14. The third-order valence-electron chi connectivity index (χ3n) is 10.5. The van der Waals surface area contributed by atoms with E-state index in [9.17, 15) is 30.2 Å². The van der Waals surface area contributed by atoms with Crippen molar-refractivity contribution in [2.45, 2.75) is 160 Å². The van der Waals surface area contributed by atoms with E-state index in [0.717, 1.165) is 32.7 Å². The standard InChI is InChI=1S/C44H69N6O10P/c1-5-6-7-8-9-10-11-12-13-14-15-16-17-18-19-20-25-56-29-37(57-28-35-21-22-36(27-45)40(26-35)60-34(2)3)30-58-61(53,54)59-32-44(31-46,55-4)42(52)41(51)38-23-24-39-43(47)48-33-49-50(38)39/h21-24,26,33-34,37,41-42,51-52H,5-20,25,28-30,32H2,1-4H3,(H,53,54)(H2,47,48,49)/t37-,41+,42+,44?/m1/s1. The smallest absolute Gasteiger partial charge is 0.472 e. The van der Waals surface area contributed by atoms with Crippen LogP contribution in [0.2, 0.25) is 0 Å². The van der Waals surface area contributed by atoms with Crippen molar-refractivity contribution in [3.8, 4) is 17.9 Å². The number of methoxy groups -OCH3 is 1. The third-order valence-corrected chi connectivity index (χ3v) is 11.4. The van der Waals surface area contributed by atoms with Crippen molar-refractivity contribution in [3.05, 3.63) is 53.5 Å². The van der Waals surface area contributed by atoms with Gasteiger partial charge in [-0.1, -0.05) is 109 Å². The van der Waals surface area contributed by atoms with Gasteiger partial charge in [0.05, 0.1) is 37.2 Å². The maximum Gasteiger partial charge on any atom is 0.472 e. The topological polar surface area (TPSA) is 237 Å². The lowest BCUT2D eigenvalue weighted by Gasteiger charge is -2.33. The van der Waals surface area contributed by atoms with Crippen molar-refractivity contribution < 1.29 is 47.7 Å². The number of ether oxygens (including phenoxy) is 4. The number of nitrogens with two attached hydrogens (primary N) is 1. The van der Waals surface area contributed by atoms with Gasteiger partial charge in [0.15, 0.2) is 5.82 Å². The average Bonchev–Trinajstić information content (AvgIpc) is 3.69. The van der Waals surface area contributed by atoms with Gasteiger partial charge < -0.3 is 39.8 Å². The normalized spacial score (nSPS) is 15.2. The van der Waals surface area contributed by atoms with Crippen LogP contribution in [0.25, 0.3) is 5.52 Å². The Hall–Kier alpha value is -3.67.